The van der Waals surface area contributed by atoms with Crippen molar-refractivity contribution in [1.82, 2.24) is 9.97 Å². The molecule has 2 aromatic heterocycles. The van der Waals surface area contributed by atoms with Crippen LogP contribution in [0.15, 0.2) is 23.2 Å². The minimum atomic E-state index is -0.286. The molecule has 0 saturated heterocycles. The lowest BCUT2D eigenvalue weighted by Gasteiger charge is -2.12. The highest BCUT2D eigenvalue weighted by Gasteiger charge is 2.13. The van der Waals surface area contributed by atoms with Gasteiger partial charge < -0.3 is 9.84 Å². The smallest absolute Gasteiger partial charge is 0.132 e. The van der Waals surface area contributed by atoms with Crippen molar-refractivity contribution >= 4 is 22.7 Å². The molecule has 0 amide bonds. The Bertz CT molecular complexity index is 403. The highest BCUT2D eigenvalue weighted by molar-refractivity contribution is 7.09. The molecule has 0 aliphatic carbocycles. The number of aliphatic hydroxyl groups excluding tert-OH is 1. The third kappa shape index (κ3) is 3.85. The largest absolute Gasteiger partial charge is 0.393 e. The summed E-state index contributed by atoms with van der Waals surface area (Å²) in [6.07, 6.45) is 5.09. The summed E-state index contributed by atoms with van der Waals surface area (Å²) in [6, 6.07) is 0. The van der Waals surface area contributed by atoms with Crippen LogP contribution in [0, 0.1) is 0 Å². The van der Waals surface area contributed by atoms with Crippen molar-refractivity contribution in [3.63, 3.8) is 0 Å². The van der Waals surface area contributed by atoms with Crippen molar-refractivity contribution in [2.24, 2.45) is 0 Å². The van der Waals surface area contributed by atoms with Crippen molar-refractivity contribution in [3.05, 3.63) is 33.2 Å². The molecule has 2 heterocycles. The van der Waals surface area contributed by atoms with Gasteiger partial charge in [0, 0.05) is 36.2 Å². The molecule has 0 saturated carbocycles. The van der Waals surface area contributed by atoms with E-state index in [4.69, 9.17) is 4.74 Å². The molecule has 0 fully saturated rings. The van der Waals surface area contributed by atoms with Crippen LogP contribution in [0.1, 0.15) is 22.5 Å². The lowest BCUT2D eigenvalue weighted by atomic mass is 10.3. The summed E-state index contributed by atoms with van der Waals surface area (Å²) in [5, 5.41) is 15.0. The Balaban J connectivity index is 1.70. The van der Waals surface area contributed by atoms with Gasteiger partial charge in [0.15, 0.2) is 0 Å². The molecule has 0 radical (unpaired) electrons. The number of nitrogens with zero attached hydrogens (tertiary/aromatic N) is 2. The van der Waals surface area contributed by atoms with Gasteiger partial charge in [0.25, 0.3) is 0 Å². The van der Waals surface area contributed by atoms with Crippen molar-refractivity contribution in [2.45, 2.75) is 18.9 Å². The molecule has 0 spiro atoms. The zero-order valence-electron chi connectivity index (χ0n) is 9.28. The number of ether oxygens (including phenoxy) is 1. The Hall–Kier alpha value is -0.820. The van der Waals surface area contributed by atoms with Crippen LogP contribution in [-0.2, 0) is 11.2 Å². The van der Waals surface area contributed by atoms with Gasteiger partial charge in [-0.3, -0.25) is 0 Å². The van der Waals surface area contributed by atoms with Crippen molar-refractivity contribution in [3.8, 4) is 0 Å². The van der Waals surface area contributed by atoms with Crippen LogP contribution in [0.2, 0.25) is 0 Å². The lowest BCUT2D eigenvalue weighted by Crippen LogP contribution is -2.10. The first-order chi connectivity index (χ1) is 8.40. The van der Waals surface area contributed by atoms with E-state index >= 15 is 0 Å². The average molecular weight is 270 g/mol. The van der Waals surface area contributed by atoms with Gasteiger partial charge in [0.2, 0.25) is 0 Å². The van der Waals surface area contributed by atoms with Gasteiger partial charge in [0.05, 0.1) is 11.6 Å². The normalized spacial score (nSPS) is 12.8. The molecule has 17 heavy (non-hydrogen) atoms. The van der Waals surface area contributed by atoms with Crippen LogP contribution in [0.25, 0.3) is 0 Å². The Labute approximate surface area is 108 Å². The van der Waals surface area contributed by atoms with Crippen LogP contribution in [0.3, 0.4) is 0 Å². The standard InChI is InChI=1S/C11H14N2O2S2/c14-8-9(11-13-4-7-17-11)15-5-1-2-10-12-3-6-16-10/h3-4,6-7,9,14H,1-2,5,8H2. The second-order valence-electron chi connectivity index (χ2n) is 3.44. The van der Waals surface area contributed by atoms with Crippen LogP contribution < -0.4 is 0 Å². The van der Waals surface area contributed by atoms with Crippen molar-refractivity contribution < 1.29 is 9.84 Å². The molecular weight excluding hydrogens is 256 g/mol. The van der Waals surface area contributed by atoms with E-state index in [0.29, 0.717) is 6.61 Å². The number of thiazole rings is 2. The van der Waals surface area contributed by atoms with E-state index in [9.17, 15) is 5.11 Å². The summed E-state index contributed by atoms with van der Waals surface area (Å²) in [5.74, 6) is 0. The van der Waals surface area contributed by atoms with Gasteiger partial charge in [-0.1, -0.05) is 0 Å². The Morgan fingerprint density at radius 1 is 1.24 bits per heavy atom. The van der Waals surface area contributed by atoms with Gasteiger partial charge in [-0.2, -0.15) is 0 Å². The SMILES string of the molecule is OCC(OCCCc1nccs1)c1nccs1. The van der Waals surface area contributed by atoms with Gasteiger partial charge in [-0.25, -0.2) is 9.97 Å². The highest BCUT2D eigenvalue weighted by atomic mass is 32.1. The monoisotopic (exact) mass is 270 g/mol. The van der Waals surface area contributed by atoms with E-state index in [1.807, 2.05) is 17.0 Å². The molecule has 1 atom stereocenters. The van der Waals surface area contributed by atoms with Gasteiger partial charge in [-0.15, -0.1) is 22.7 Å². The summed E-state index contributed by atoms with van der Waals surface area (Å²) in [4.78, 5) is 8.35. The zero-order chi connectivity index (χ0) is 11.9. The maximum absolute atomic E-state index is 9.21. The maximum Gasteiger partial charge on any atom is 0.132 e. The van der Waals surface area contributed by atoms with E-state index in [1.165, 1.54) is 11.3 Å². The topological polar surface area (TPSA) is 55.2 Å². The van der Waals surface area contributed by atoms with E-state index in [1.54, 1.807) is 17.5 Å². The lowest BCUT2D eigenvalue weighted by molar-refractivity contribution is 0.0106. The first-order valence-electron chi connectivity index (χ1n) is 5.40. The van der Waals surface area contributed by atoms with Gasteiger partial charge >= 0.3 is 0 Å². The minimum absolute atomic E-state index is 0.0231. The summed E-state index contributed by atoms with van der Waals surface area (Å²) < 4.78 is 5.61. The third-order valence-corrected chi connectivity index (χ3v) is 3.94. The van der Waals surface area contributed by atoms with Crippen molar-refractivity contribution in [2.75, 3.05) is 13.2 Å². The highest BCUT2D eigenvalue weighted by Crippen LogP contribution is 2.19. The zero-order valence-corrected chi connectivity index (χ0v) is 10.9. The fraction of sp³-hybridized carbons (Fsp3) is 0.455. The maximum atomic E-state index is 9.21. The number of aryl methyl sites for hydroxylation is 1. The van der Waals surface area contributed by atoms with Crippen LogP contribution in [-0.4, -0.2) is 28.3 Å². The average Bonchev–Trinajstić information content (AvgIpc) is 3.01. The number of rotatable bonds is 7. The summed E-state index contributed by atoms with van der Waals surface area (Å²) in [6.45, 7) is 0.592. The predicted octanol–water partition coefficient (Wildman–Crippen LogP) is 2.28. The Kier molecular flexibility index (Phi) is 5.06. The second-order valence-corrected chi connectivity index (χ2v) is 5.35. The van der Waals surface area contributed by atoms with E-state index in [2.05, 4.69) is 9.97 Å². The van der Waals surface area contributed by atoms with Gasteiger partial charge in [0.1, 0.15) is 11.1 Å². The summed E-state index contributed by atoms with van der Waals surface area (Å²) in [7, 11) is 0. The Morgan fingerprint density at radius 2 is 2.06 bits per heavy atom. The number of aromatic nitrogens is 2. The quantitative estimate of drug-likeness (QED) is 0.784. The number of aliphatic hydroxyl groups is 1. The van der Waals surface area contributed by atoms with Crippen LogP contribution in [0.5, 0.6) is 0 Å². The van der Waals surface area contributed by atoms with Crippen molar-refractivity contribution in [1.29, 1.82) is 0 Å². The predicted molar refractivity (Wildman–Crippen MR) is 68.3 cm³/mol. The van der Waals surface area contributed by atoms with E-state index in [0.717, 1.165) is 22.9 Å². The second kappa shape index (κ2) is 6.80. The molecule has 1 unspecified atom stereocenters. The Morgan fingerprint density at radius 3 is 2.71 bits per heavy atom. The molecule has 0 bridgehead atoms. The van der Waals surface area contributed by atoms with Crippen LogP contribution in [0.4, 0.5) is 0 Å². The number of hydrogen-bond donors (Lipinski definition) is 1. The fourth-order valence-electron chi connectivity index (χ4n) is 1.42. The molecule has 0 aliphatic rings. The molecule has 1 N–H and O–H groups in total. The van der Waals surface area contributed by atoms with E-state index in [-0.39, 0.29) is 12.7 Å². The molecule has 0 aliphatic heterocycles. The number of hydrogen-bond acceptors (Lipinski definition) is 6. The molecule has 6 heteroatoms. The molecular formula is C11H14N2O2S2. The van der Waals surface area contributed by atoms with Crippen LogP contribution >= 0.6 is 22.7 Å². The third-order valence-electron chi connectivity index (χ3n) is 2.23. The summed E-state index contributed by atoms with van der Waals surface area (Å²) in [5.41, 5.74) is 0. The first kappa shape index (κ1) is 12.6. The fourth-order valence-corrected chi connectivity index (χ4v) is 2.76. The van der Waals surface area contributed by atoms with Gasteiger partial charge in [-0.05, 0) is 6.42 Å². The summed E-state index contributed by atoms with van der Waals surface area (Å²) >= 11 is 3.16. The molecule has 2 rings (SSSR count). The molecule has 92 valence electrons. The minimum Gasteiger partial charge on any atom is -0.393 e. The first-order valence-corrected chi connectivity index (χ1v) is 7.16. The molecule has 0 aromatic carbocycles. The molecule has 2 aromatic rings. The molecule has 4 nitrogen and oxygen atoms in total. The van der Waals surface area contributed by atoms with E-state index < -0.39 is 0 Å².